The molecule has 0 aromatic heterocycles. The lowest BCUT2D eigenvalue weighted by molar-refractivity contribution is -0.159. The van der Waals surface area contributed by atoms with Gasteiger partial charge in [-0.2, -0.15) is 8.42 Å². The average Bonchev–Trinajstić information content (AvgIpc) is 3.06. The summed E-state index contributed by atoms with van der Waals surface area (Å²) in [5.74, 6) is -1.35. The molecule has 2 bridgehead atoms. The van der Waals surface area contributed by atoms with Crippen molar-refractivity contribution in [2.45, 2.75) is 44.1 Å². The third-order valence-electron chi connectivity index (χ3n) is 5.18. The molecular weight excluding hydrogens is 352 g/mol. The van der Waals surface area contributed by atoms with Gasteiger partial charge in [0, 0.05) is 11.5 Å². The summed E-state index contributed by atoms with van der Waals surface area (Å²) in [5.41, 5.74) is -0.0320. The standard InChI is InChI=1S/C16H22O8S/c1-9(2)15(18)23-8-12(17)21-4-5-22-14-13-10-6-16(14,3)7-11(10)25(19,20)24-13/h10-11,13-14H,1,4-8H2,2-3H3. The smallest absolute Gasteiger partial charge is 0.344 e. The summed E-state index contributed by atoms with van der Waals surface area (Å²) in [5, 5.41) is -0.414. The maximum absolute atomic E-state index is 12.0. The molecule has 0 N–H and O–H groups in total. The van der Waals surface area contributed by atoms with Crippen LogP contribution in [0.5, 0.6) is 0 Å². The molecule has 5 atom stereocenters. The monoisotopic (exact) mass is 374 g/mol. The highest BCUT2D eigenvalue weighted by Crippen LogP contribution is 2.61. The Morgan fingerprint density at radius 1 is 1.24 bits per heavy atom. The Bertz CT molecular complexity index is 699. The van der Waals surface area contributed by atoms with Gasteiger partial charge in [0.1, 0.15) is 12.7 Å². The predicted octanol–water partition coefficient (Wildman–Crippen LogP) is 0.561. The predicted molar refractivity (Wildman–Crippen MR) is 84.9 cm³/mol. The number of hydrogen-bond donors (Lipinski definition) is 0. The van der Waals surface area contributed by atoms with Crippen molar-refractivity contribution < 1.29 is 36.4 Å². The van der Waals surface area contributed by atoms with Gasteiger partial charge in [-0.1, -0.05) is 13.5 Å². The number of ether oxygens (including phenoxy) is 3. The van der Waals surface area contributed by atoms with Crippen LogP contribution in [0.1, 0.15) is 26.7 Å². The Morgan fingerprint density at radius 3 is 2.64 bits per heavy atom. The van der Waals surface area contributed by atoms with E-state index < -0.39 is 40.0 Å². The van der Waals surface area contributed by atoms with Crippen LogP contribution in [0, 0.1) is 11.3 Å². The van der Waals surface area contributed by atoms with E-state index in [-0.39, 0.29) is 36.2 Å². The van der Waals surface area contributed by atoms with Crippen molar-refractivity contribution in [3.63, 3.8) is 0 Å². The summed E-state index contributed by atoms with van der Waals surface area (Å²) in [7, 11) is -3.49. The average molecular weight is 374 g/mol. The molecule has 140 valence electrons. The molecule has 1 saturated heterocycles. The second-order valence-corrected chi connectivity index (χ2v) is 8.97. The minimum absolute atomic E-state index is 0.0101. The van der Waals surface area contributed by atoms with Gasteiger partial charge in [0.15, 0.2) is 6.61 Å². The van der Waals surface area contributed by atoms with Crippen molar-refractivity contribution in [2.24, 2.45) is 11.3 Å². The van der Waals surface area contributed by atoms with Crippen LogP contribution in [-0.4, -0.2) is 57.6 Å². The van der Waals surface area contributed by atoms with Crippen LogP contribution < -0.4 is 0 Å². The van der Waals surface area contributed by atoms with Gasteiger partial charge in [-0.25, -0.2) is 9.59 Å². The molecule has 3 aliphatic rings. The topological polar surface area (TPSA) is 105 Å². The molecule has 3 fully saturated rings. The zero-order chi connectivity index (χ0) is 18.4. The first-order valence-corrected chi connectivity index (χ1v) is 9.63. The Hall–Kier alpha value is -1.45. The number of esters is 2. The fourth-order valence-corrected chi connectivity index (χ4v) is 6.09. The van der Waals surface area contributed by atoms with Crippen LogP contribution in [0.15, 0.2) is 12.2 Å². The van der Waals surface area contributed by atoms with E-state index in [0.717, 1.165) is 6.42 Å². The summed E-state index contributed by atoms with van der Waals surface area (Å²) in [4.78, 5) is 22.6. The fourth-order valence-electron chi connectivity index (χ4n) is 4.13. The summed E-state index contributed by atoms with van der Waals surface area (Å²) >= 11 is 0. The molecule has 2 saturated carbocycles. The third kappa shape index (κ3) is 3.32. The number of hydrogen-bond acceptors (Lipinski definition) is 8. The van der Waals surface area contributed by atoms with Crippen molar-refractivity contribution in [1.82, 2.24) is 0 Å². The molecule has 0 aromatic carbocycles. The van der Waals surface area contributed by atoms with Crippen molar-refractivity contribution in [3.05, 3.63) is 12.2 Å². The maximum atomic E-state index is 12.0. The molecule has 8 nitrogen and oxygen atoms in total. The van der Waals surface area contributed by atoms with Gasteiger partial charge in [0.05, 0.1) is 18.0 Å². The van der Waals surface area contributed by atoms with Crippen LogP contribution in [0.3, 0.4) is 0 Å². The zero-order valence-corrected chi connectivity index (χ0v) is 15.0. The summed E-state index contributed by atoms with van der Waals surface area (Å²) in [6.07, 6.45) is 0.535. The van der Waals surface area contributed by atoms with Gasteiger partial charge < -0.3 is 14.2 Å². The van der Waals surface area contributed by atoms with Crippen molar-refractivity contribution in [2.75, 3.05) is 19.8 Å². The van der Waals surface area contributed by atoms with Crippen molar-refractivity contribution in [1.29, 1.82) is 0 Å². The molecular formula is C16H22O8S. The minimum atomic E-state index is -3.49. The second-order valence-electron chi connectivity index (χ2n) is 7.19. The molecule has 0 amide bonds. The van der Waals surface area contributed by atoms with Gasteiger partial charge in [-0.3, -0.25) is 4.18 Å². The highest BCUT2D eigenvalue weighted by Gasteiger charge is 2.69. The number of carbonyl (C=O) groups is 2. The number of rotatable bonds is 7. The molecule has 5 unspecified atom stereocenters. The molecule has 2 aliphatic carbocycles. The Kier molecular flexibility index (Phi) is 4.67. The van der Waals surface area contributed by atoms with E-state index in [1.807, 2.05) is 6.92 Å². The second kappa shape index (κ2) is 6.37. The molecule has 25 heavy (non-hydrogen) atoms. The van der Waals surface area contributed by atoms with Crippen LogP contribution in [0.4, 0.5) is 0 Å². The lowest BCUT2D eigenvalue weighted by Gasteiger charge is -2.32. The summed E-state index contributed by atoms with van der Waals surface area (Å²) in [6, 6.07) is 0. The molecule has 0 radical (unpaired) electrons. The normalized spacial score (nSPS) is 37.0. The van der Waals surface area contributed by atoms with Gasteiger partial charge in [0.2, 0.25) is 0 Å². The zero-order valence-electron chi connectivity index (χ0n) is 14.2. The number of fused-ring (bicyclic) bond motifs is 1. The molecule has 1 aliphatic heterocycles. The first-order valence-electron chi connectivity index (χ1n) is 8.16. The molecule has 0 aromatic rings. The molecule has 1 heterocycles. The summed E-state index contributed by atoms with van der Waals surface area (Å²) < 4.78 is 44.6. The van der Waals surface area contributed by atoms with E-state index in [2.05, 4.69) is 11.3 Å². The van der Waals surface area contributed by atoms with Gasteiger partial charge in [0.25, 0.3) is 10.1 Å². The van der Waals surface area contributed by atoms with E-state index in [9.17, 15) is 18.0 Å². The van der Waals surface area contributed by atoms with Crippen LogP contribution in [-0.2, 0) is 38.1 Å². The molecule has 0 spiro atoms. The maximum Gasteiger partial charge on any atom is 0.344 e. The lowest BCUT2D eigenvalue weighted by atomic mass is 9.82. The largest absolute Gasteiger partial charge is 0.461 e. The Balaban J connectivity index is 1.42. The van der Waals surface area contributed by atoms with E-state index in [0.29, 0.717) is 6.42 Å². The van der Waals surface area contributed by atoms with Crippen LogP contribution in [0.25, 0.3) is 0 Å². The first kappa shape index (κ1) is 18.3. The SMILES string of the molecule is C=C(C)C(=O)OCC(=O)OCCOC1C2OS(=O)(=O)C3CC1(C)CC23. The molecule has 9 heteroatoms. The Labute approximate surface area is 146 Å². The lowest BCUT2D eigenvalue weighted by Crippen LogP contribution is -2.41. The highest BCUT2D eigenvalue weighted by molar-refractivity contribution is 7.87. The fraction of sp³-hybridized carbons (Fsp3) is 0.750. The quantitative estimate of drug-likeness (QED) is 0.275. The first-order chi connectivity index (χ1) is 11.6. The third-order valence-corrected chi connectivity index (χ3v) is 6.93. The van der Waals surface area contributed by atoms with Crippen molar-refractivity contribution in [3.8, 4) is 0 Å². The number of carbonyl (C=O) groups excluding carboxylic acids is 2. The highest BCUT2D eigenvalue weighted by atomic mass is 32.2. The van der Waals surface area contributed by atoms with E-state index in [1.165, 1.54) is 6.92 Å². The Morgan fingerprint density at radius 2 is 1.96 bits per heavy atom. The minimum Gasteiger partial charge on any atom is -0.461 e. The van der Waals surface area contributed by atoms with E-state index in [4.69, 9.17) is 13.7 Å². The van der Waals surface area contributed by atoms with Gasteiger partial charge in [-0.15, -0.1) is 0 Å². The van der Waals surface area contributed by atoms with E-state index in [1.54, 1.807) is 0 Å². The summed E-state index contributed by atoms with van der Waals surface area (Å²) in [6.45, 7) is 6.52. The molecule has 3 rings (SSSR count). The van der Waals surface area contributed by atoms with Crippen LogP contribution in [0.2, 0.25) is 0 Å². The van der Waals surface area contributed by atoms with Crippen molar-refractivity contribution >= 4 is 22.1 Å². The van der Waals surface area contributed by atoms with E-state index >= 15 is 0 Å². The van der Waals surface area contributed by atoms with Gasteiger partial charge >= 0.3 is 11.9 Å². The van der Waals surface area contributed by atoms with Crippen LogP contribution >= 0.6 is 0 Å². The van der Waals surface area contributed by atoms with Gasteiger partial charge in [-0.05, 0) is 25.2 Å².